The van der Waals surface area contributed by atoms with Gasteiger partial charge < -0.3 is 10.1 Å². The zero-order chi connectivity index (χ0) is 12.9. The number of nitrogens with one attached hydrogen (secondary N) is 1. The highest BCUT2D eigenvalue weighted by Gasteiger charge is 2.29. The molecular formula is C14H30N2O. The van der Waals surface area contributed by atoms with Crippen LogP contribution in [0.3, 0.4) is 0 Å². The van der Waals surface area contributed by atoms with E-state index in [-0.39, 0.29) is 5.60 Å². The number of morpholine rings is 1. The van der Waals surface area contributed by atoms with Gasteiger partial charge in [0.1, 0.15) is 0 Å². The van der Waals surface area contributed by atoms with Crippen molar-refractivity contribution in [2.45, 2.75) is 65.1 Å². The lowest BCUT2D eigenvalue weighted by Gasteiger charge is -2.41. The maximum atomic E-state index is 5.76. The standard InChI is InChI=1S/C14H30N2O/c1-6-7-15-12(2)10-13(3)16-8-9-17-14(4,5)11-16/h12-13,15H,6-11H2,1-5H3. The number of hydrogen-bond acceptors (Lipinski definition) is 3. The van der Waals surface area contributed by atoms with Gasteiger partial charge in [0.05, 0.1) is 12.2 Å². The molecule has 3 nitrogen and oxygen atoms in total. The van der Waals surface area contributed by atoms with Crippen molar-refractivity contribution in [2.75, 3.05) is 26.2 Å². The van der Waals surface area contributed by atoms with Crippen LogP contribution in [0.2, 0.25) is 0 Å². The SMILES string of the molecule is CCCNC(C)CC(C)N1CCOC(C)(C)C1. The molecule has 2 atom stereocenters. The summed E-state index contributed by atoms with van der Waals surface area (Å²) in [4.78, 5) is 2.56. The van der Waals surface area contributed by atoms with Crippen LogP contribution in [0.5, 0.6) is 0 Å². The van der Waals surface area contributed by atoms with Crippen molar-refractivity contribution in [1.82, 2.24) is 10.2 Å². The van der Waals surface area contributed by atoms with E-state index >= 15 is 0 Å². The molecule has 0 radical (unpaired) electrons. The Kier molecular flexibility index (Phi) is 5.90. The molecule has 102 valence electrons. The second kappa shape index (κ2) is 6.72. The Morgan fingerprint density at radius 1 is 1.35 bits per heavy atom. The van der Waals surface area contributed by atoms with Crippen LogP contribution < -0.4 is 5.32 Å². The second-order valence-corrected chi connectivity index (χ2v) is 6.02. The molecule has 1 saturated heterocycles. The van der Waals surface area contributed by atoms with E-state index in [9.17, 15) is 0 Å². The summed E-state index contributed by atoms with van der Waals surface area (Å²) in [6.07, 6.45) is 2.43. The lowest BCUT2D eigenvalue weighted by molar-refractivity contribution is -0.0965. The average Bonchev–Trinajstić information content (AvgIpc) is 2.25. The first-order valence-electron chi connectivity index (χ1n) is 7.06. The fraction of sp³-hybridized carbons (Fsp3) is 1.00. The first-order valence-corrected chi connectivity index (χ1v) is 7.06. The van der Waals surface area contributed by atoms with Crippen LogP contribution in [0, 0.1) is 0 Å². The summed E-state index contributed by atoms with van der Waals surface area (Å²) in [5.74, 6) is 0. The van der Waals surface area contributed by atoms with Crippen molar-refractivity contribution in [3.63, 3.8) is 0 Å². The molecule has 17 heavy (non-hydrogen) atoms. The third-order valence-corrected chi connectivity index (χ3v) is 3.52. The van der Waals surface area contributed by atoms with Crippen LogP contribution in [0.1, 0.15) is 47.5 Å². The molecule has 1 aliphatic heterocycles. The minimum Gasteiger partial charge on any atom is -0.373 e. The molecule has 0 aromatic rings. The largest absolute Gasteiger partial charge is 0.373 e. The third-order valence-electron chi connectivity index (χ3n) is 3.52. The Labute approximate surface area is 107 Å². The van der Waals surface area contributed by atoms with Crippen LogP contribution >= 0.6 is 0 Å². The van der Waals surface area contributed by atoms with E-state index in [0.717, 1.165) is 26.2 Å². The minimum atomic E-state index is 0.0204. The van der Waals surface area contributed by atoms with Gasteiger partial charge in [-0.3, -0.25) is 4.90 Å². The number of rotatable bonds is 6. The Bertz CT molecular complexity index is 218. The van der Waals surface area contributed by atoms with E-state index in [0.29, 0.717) is 12.1 Å². The molecule has 1 N–H and O–H groups in total. The van der Waals surface area contributed by atoms with Crippen molar-refractivity contribution in [3.05, 3.63) is 0 Å². The summed E-state index contributed by atoms with van der Waals surface area (Å²) >= 11 is 0. The summed E-state index contributed by atoms with van der Waals surface area (Å²) in [5.41, 5.74) is 0.0204. The van der Waals surface area contributed by atoms with Crippen LogP contribution in [-0.2, 0) is 4.74 Å². The Balaban J connectivity index is 2.33. The highest BCUT2D eigenvalue weighted by atomic mass is 16.5. The first-order chi connectivity index (χ1) is 7.94. The lowest BCUT2D eigenvalue weighted by Crippen LogP contribution is -2.52. The molecule has 1 rings (SSSR count). The quantitative estimate of drug-likeness (QED) is 0.773. The smallest absolute Gasteiger partial charge is 0.0753 e. The maximum Gasteiger partial charge on any atom is 0.0753 e. The van der Waals surface area contributed by atoms with Gasteiger partial charge in [-0.25, -0.2) is 0 Å². The summed E-state index contributed by atoms with van der Waals surface area (Å²) in [7, 11) is 0. The molecule has 1 heterocycles. The summed E-state index contributed by atoms with van der Waals surface area (Å²) in [6, 6.07) is 1.24. The number of ether oxygens (including phenoxy) is 1. The third kappa shape index (κ3) is 5.36. The topological polar surface area (TPSA) is 24.5 Å². The second-order valence-electron chi connectivity index (χ2n) is 6.02. The van der Waals surface area contributed by atoms with Gasteiger partial charge in [0.25, 0.3) is 0 Å². The monoisotopic (exact) mass is 242 g/mol. The molecule has 0 saturated carbocycles. The normalized spacial score (nSPS) is 24.5. The molecule has 3 heteroatoms. The van der Waals surface area contributed by atoms with Gasteiger partial charge in [-0.1, -0.05) is 6.92 Å². The first kappa shape index (κ1) is 14.9. The number of hydrogen-bond donors (Lipinski definition) is 1. The van der Waals surface area contributed by atoms with Gasteiger partial charge in [0, 0.05) is 25.2 Å². The predicted molar refractivity (Wildman–Crippen MR) is 73.4 cm³/mol. The van der Waals surface area contributed by atoms with E-state index in [1.54, 1.807) is 0 Å². The molecule has 0 aromatic heterocycles. The predicted octanol–water partition coefficient (Wildman–Crippen LogP) is 2.26. The van der Waals surface area contributed by atoms with Gasteiger partial charge in [-0.15, -0.1) is 0 Å². The van der Waals surface area contributed by atoms with Crippen molar-refractivity contribution >= 4 is 0 Å². The molecule has 0 amide bonds. The molecule has 2 unspecified atom stereocenters. The van der Waals surface area contributed by atoms with Crippen molar-refractivity contribution < 1.29 is 4.74 Å². The van der Waals surface area contributed by atoms with E-state index in [2.05, 4.69) is 44.8 Å². The molecule has 0 aromatic carbocycles. The van der Waals surface area contributed by atoms with Crippen LogP contribution in [0.15, 0.2) is 0 Å². The maximum absolute atomic E-state index is 5.76. The zero-order valence-electron chi connectivity index (χ0n) is 12.3. The van der Waals surface area contributed by atoms with Crippen molar-refractivity contribution in [1.29, 1.82) is 0 Å². The molecule has 1 fully saturated rings. The molecule has 1 aliphatic rings. The fourth-order valence-corrected chi connectivity index (χ4v) is 2.56. The summed E-state index contributed by atoms with van der Waals surface area (Å²) in [6.45, 7) is 15.3. The van der Waals surface area contributed by atoms with Gasteiger partial charge in [-0.2, -0.15) is 0 Å². The highest BCUT2D eigenvalue weighted by Crippen LogP contribution is 2.19. The van der Waals surface area contributed by atoms with E-state index in [1.165, 1.54) is 12.8 Å². The van der Waals surface area contributed by atoms with Crippen molar-refractivity contribution in [2.24, 2.45) is 0 Å². The highest BCUT2D eigenvalue weighted by molar-refractivity contribution is 4.83. The Morgan fingerprint density at radius 3 is 2.65 bits per heavy atom. The summed E-state index contributed by atoms with van der Waals surface area (Å²) < 4.78 is 5.76. The molecule has 0 aliphatic carbocycles. The lowest BCUT2D eigenvalue weighted by atomic mass is 10.0. The van der Waals surface area contributed by atoms with Gasteiger partial charge >= 0.3 is 0 Å². The molecular weight excluding hydrogens is 212 g/mol. The van der Waals surface area contributed by atoms with Crippen LogP contribution in [0.4, 0.5) is 0 Å². The molecule has 0 bridgehead atoms. The molecule has 0 spiro atoms. The fourth-order valence-electron chi connectivity index (χ4n) is 2.56. The van der Waals surface area contributed by atoms with E-state index in [1.807, 2.05) is 0 Å². The van der Waals surface area contributed by atoms with Gasteiger partial charge in [0.15, 0.2) is 0 Å². The summed E-state index contributed by atoms with van der Waals surface area (Å²) in [5, 5.41) is 3.57. The van der Waals surface area contributed by atoms with Gasteiger partial charge in [-0.05, 0) is 47.1 Å². The average molecular weight is 242 g/mol. The number of nitrogens with zero attached hydrogens (tertiary/aromatic N) is 1. The van der Waals surface area contributed by atoms with Crippen molar-refractivity contribution in [3.8, 4) is 0 Å². The van der Waals surface area contributed by atoms with E-state index in [4.69, 9.17) is 4.74 Å². The Hall–Kier alpha value is -0.120. The Morgan fingerprint density at radius 2 is 2.06 bits per heavy atom. The zero-order valence-corrected chi connectivity index (χ0v) is 12.3. The van der Waals surface area contributed by atoms with Gasteiger partial charge in [0.2, 0.25) is 0 Å². The van der Waals surface area contributed by atoms with Crippen LogP contribution in [-0.4, -0.2) is 48.8 Å². The van der Waals surface area contributed by atoms with E-state index < -0.39 is 0 Å². The van der Waals surface area contributed by atoms with Crippen LogP contribution in [0.25, 0.3) is 0 Å². The minimum absolute atomic E-state index is 0.0204.